The van der Waals surface area contributed by atoms with Gasteiger partial charge in [-0.1, -0.05) is 0 Å². The minimum absolute atomic E-state index is 0.469. The molecular formula is C9H8N6. The number of rotatable bonds is 3. The van der Waals surface area contributed by atoms with Gasteiger partial charge in [-0.05, 0) is 6.07 Å². The molecule has 0 aliphatic rings. The zero-order valence-corrected chi connectivity index (χ0v) is 7.81. The topological polar surface area (TPSA) is 90.3 Å². The summed E-state index contributed by atoms with van der Waals surface area (Å²) in [5, 5.41) is 19.3. The highest BCUT2D eigenvalue weighted by Gasteiger charge is 2.02. The summed E-state index contributed by atoms with van der Waals surface area (Å²) in [5.74, 6) is 1.25. The van der Waals surface area contributed by atoms with Gasteiger partial charge in [-0.2, -0.15) is 10.4 Å². The molecule has 0 saturated heterocycles. The van der Waals surface area contributed by atoms with E-state index < -0.39 is 0 Å². The van der Waals surface area contributed by atoms with Crippen LogP contribution in [0.4, 0.5) is 5.82 Å². The third-order valence-corrected chi connectivity index (χ3v) is 1.82. The molecule has 6 heteroatoms. The SMILES string of the molecule is N#Cc1ccnnc1NCc1ncc[nH]1. The summed E-state index contributed by atoms with van der Waals surface area (Å²) in [5.41, 5.74) is 0.469. The van der Waals surface area contributed by atoms with Crippen molar-refractivity contribution in [3.63, 3.8) is 0 Å². The smallest absolute Gasteiger partial charge is 0.167 e. The van der Waals surface area contributed by atoms with Gasteiger partial charge in [-0.3, -0.25) is 0 Å². The van der Waals surface area contributed by atoms with Crippen molar-refractivity contribution < 1.29 is 0 Å². The van der Waals surface area contributed by atoms with Crippen LogP contribution in [0, 0.1) is 11.3 Å². The van der Waals surface area contributed by atoms with Crippen LogP contribution in [0.5, 0.6) is 0 Å². The van der Waals surface area contributed by atoms with Crippen LogP contribution < -0.4 is 5.32 Å². The summed E-state index contributed by atoms with van der Waals surface area (Å²) in [6.07, 6.45) is 4.88. The minimum atomic E-state index is 0.469. The molecule has 0 atom stereocenters. The van der Waals surface area contributed by atoms with Crippen molar-refractivity contribution in [3.8, 4) is 6.07 Å². The number of imidazole rings is 1. The van der Waals surface area contributed by atoms with Gasteiger partial charge in [0.1, 0.15) is 11.9 Å². The maximum atomic E-state index is 8.79. The molecular weight excluding hydrogens is 192 g/mol. The summed E-state index contributed by atoms with van der Waals surface area (Å²) in [6, 6.07) is 3.64. The fourth-order valence-corrected chi connectivity index (χ4v) is 1.11. The van der Waals surface area contributed by atoms with E-state index in [0.717, 1.165) is 5.82 Å². The first-order chi connectivity index (χ1) is 7.40. The highest BCUT2D eigenvalue weighted by atomic mass is 15.2. The Labute approximate surface area is 86.0 Å². The molecule has 0 aliphatic carbocycles. The molecule has 0 radical (unpaired) electrons. The molecule has 0 aromatic carbocycles. The number of anilines is 1. The first-order valence-electron chi connectivity index (χ1n) is 4.34. The van der Waals surface area contributed by atoms with Crippen molar-refractivity contribution in [2.45, 2.75) is 6.54 Å². The van der Waals surface area contributed by atoms with E-state index in [1.165, 1.54) is 6.20 Å². The molecule has 6 nitrogen and oxygen atoms in total. The number of hydrogen-bond acceptors (Lipinski definition) is 5. The van der Waals surface area contributed by atoms with Gasteiger partial charge in [-0.15, -0.1) is 5.10 Å². The molecule has 0 unspecified atom stereocenters. The highest BCUT2D eigenvalue weighted by Crippen LogP contribution is 2.08. The van der Waals surface area contributed by atoms with Crippen LogP contribution in [0.25, 0.3) is 0 Å². The van der Waals surface area contributed by atoms with Crippen molar-refractivity contribution in [2.24, 2.45) is 0 Å². The standard InChI is InChI=1S/C9H8N6/c10-5-7-1-2-14-15-9(7)13-6-8-11-3-4-12-8/h1-4H,6H2,(H,11,12)(H,13,15). The van der Waals surface area contributed by atoms with E-state index in [0.29, 0.717) is 17.9 Å². The van der Waals surface area contributed by atoms with Gasteiger partial charge in [0.2, 0.25) is 0 Å². The number of aromatic nitrogens is 4. The van der Waals surface area contributed by atoms with E-state index in [2.05, 4.69) is 25.5 Å². The molecule has 74 valence electrons. The van der Waals surface area contributed by atoms with Crippen LogP contribution in [0.1, 0.15) is 11.4 Å². The highest BCUT2D eigenvalue weighted by molar-refractivity contribution is 5.49. The van der Waals surface area contributed by atoms with Gasteiger partial charge in [0.15, 0.2) is 5.82 Å². The lowest BCUT2D eigenvalue weighted by atomic mass is 10.3. The first kappa shape index (κ1) is 9.15. The first-order valence-corrected chi connectivity index (χ1v) is 4.34. The number of nitriles is 1. The van der Waals surface area contributed by atoms with Crippen molar-refractivity contribution in [1.82, 2.24) is 20.2 Å². The molecule has 0 aliphatic heterocycles. The Morgan fingerprint density at radius 3 is 3.13 bits per heavy atom. The fraction of sp³-hybridized carbons (Fsp3) is 0.111. The molecule has 15 heavy (non-hydrogen) atoms. The van der Waals surface area contributed by atoms with Crippen molar-refractivity contribution >= 4 is 5.82 Å². The van der Waals surface area contributed by atoms with Gasteiger partial charge in [-0.25, -0.2) is 4.98 Å². The molecule has 0 spiro atoms. The van der Waals surface area contributed by atoms with Gasteiger partial charge < -0.3 is 10.3 Å². The number of H-pyrrole nitrogens is 1. The van der Waals surface area contributed by atoms with E-state index in [4.69, 9.17) is 5.26 Å². The molecule has 0 amide bonds. The Kier molecular flexibility index (Phi) is 2.56. The van der Waals surface area contributed by atoms with Crippen LogP contribution in [0.2, 0.25) is 0 Å². The zero-order valence-electron chi connectivity index (χ0n) is 7.81. The summed E-state index contributed by atoms with van der Waals surface area (Å²) in [7, 11) is 0. The summed E-state index contributed by atoms with van der Waals surface area (Å²) in [4.78, 5) is 6.98. The zero-order chi connectivity index (χ0) is 10.5. The van der Waals surface area contributed by atoms with E-state index in [1.54, 1.807) is 18.5 Å². The van der Waals surface area contributed by atoms with Crippen molar-refractivity contribution in [3.05, 3.63) is 36.0 Å². The predicted octanol–water partition coefficient (Wildman–Crippen LogP) is 0.683. The Balaban J connectivity index is 2.08. The third-order valence-electron chi connectivity index (χ3n) is 1.82. The molecule has 0 fully saturated rings. The van der Waals surface area contributed by atoms with Gasteiger partial charge in [0.05, 0.1) is 18.3 Å². The van der Waals surface area contributed by atoms with E-state index >= 15 is 0 Å². The van der Waals surface area contributed by atoms with Crippen LogP contribution in [0.3, 0.4) is 0 Å². The third kappa shape index (κ3) is 2.08. The Bertz CT molecular complexity index is 470. The molecule has 0 saturated carbocycles. The average Bonchev–Trinajstić information content (AvgIpc) is 2.79. The molecule has 2 N–H and O–H groups in total. The quantitative estimate of drug-likeness (QED) is 0.760. The van der Waals surface area contributed by atoms with Crippen LogP contribution in [0.15, 0.2) is 24.7 Å². The summed E-state index contributed by atoms with van der Waals surface area (Å²) >= 11 is 0. The summed E-state index contributed by atoms with van der Waals surface area (Å²) in [6.45, 7) is 0.486. The second-order valence-corrected chi connectivity index (χ2v) is 2.79. The van der Waals surface area contributed by atoms with E-state index in [1.807, 2.05) is 6.07 Å². The Morgan fingerprint density at radius 1 is 1.47 bits per heavy atom. The molecule has 0 bridgehead atoms. The number of nitrogens with one attached hydrogen (secondary N) is 2. The number of hydrogen-bond donors (Lipinski definition) is 2. The Hall–Kier alpha value is -2.42. The largest absolute Gasteiger partial charge is 0.360 e. The molecule has 2 aromatic heterocycles. The molecule has 2 rings (SSSR count). The maximum absolute atomic E-state index is 8.79. The van der Waals surface area contributed by atoms with Crippen LogP contribution in [-0.4, -0.2) is 20.2 Å². The monoisotopic (exact) mass is 200 g/mol. The average molecular weight is 200 g/mol. The lowest BCUT2D eigenvalue weighted by Gasteiger charge is -2.03. The van der Waals surface area contributed by atoms with Crippen molar-refractivity contribution in [1.29, 1.82) is 5.26 Å². The fourth-order valence-electron chi connectivity index (χ4n) is 1.11. The summed E-state index contributed by atoms with van der Waals surface area (Å²) < 4.78 is 0. The van der Waals surface area contributed by atoms with Gasteiger partial charge in [0.25, 0.3) is 0 Å². The van der Waals surface area contributed by atoms with E-state index in [9.17, 15) is 0 Å². The minimum Gasteiger partial charge on any atom is -0.360 e. The molecule has 2 aromatic rings. The number of aromatic amines is 1. The van der Waals surface area contributed by atoms with E-state index in [-0.39, 0.29) is 0 Å². The second-order valence-electron chi connectivity index (χ2n) is 2.79. The van der Waals surface area contributed by atoms with Crippen molar-refractivity contribution in [2.75, 3.05) is 5.32 Å². The maximum Gasteiger partial charge on any atom is 0.167 e. The van der Waals surface area contributed by atoms with Crippen LogP contribution in [-0.2, 0) is 6.54 Å². The number of nitrogens with zero attached hydrogens (tertiary/aromatic N) is 4. The van der Waals surface area contributed by atoms with Gasteiger partial charge in [0, 0.05) is 12.4 Å². The second kappa shape index (κ2) is 4.19. The lowest BCUT2D eigenvalue weighted by Crippen LogP contribution is -2.05. The molecule has 2 heterocycles. The lowest BCUT2D eigenvalue weighted by molar-refractivity contribution is 0.952. The van der Waals surface area contributed by atoms with Gasteiger partial charge >= 0.3 is 0 Å². The normalized spacial score (nSPS) is 9.53. The Morgan fingerprint density at radius 2 is 2.40 bits per heavy atom. The van der Waals surface area contributed by atoms with Crippen LogP contribution >= 0.6 is 0 Å². The predicted molar refractivity (Wildman–Crippen MR) is 52.7 cm³/mol.